The molecule has 0 aromatic carbocycles. The van der Waals surface area contributed by atoms with Gasteiger partial charge in [-0.25, -0.2) is 4.98 Å². The lowest BCUT2D eigenvalue weighted by Gasteiger charge is -2.11. The average molecular weight is 311 g/mol. The number of nitrogens with zero attached hydrogens (tertiary/aromatic N) is 2. The van der Waals surface area contributed by atoms with E-state index in [4.69, 9.17) is 5.26 Å². The topological polar surface area (TPSA) is 66.1 Å². The lowest BCUT2D eigenvalue weighted by Crippen LogP contribution is -2.18. The maximum absolute atomic E-state index is 12.0. The predicted octanol–water partition coefficient (Wildman–Crippen LogP) is 2.65. The highest BCUT2D eigenvalue weighted by atomic mass is 79.9. The normalized spacial score (nSPS) is 11.0. The molecule has 0 bridgehead atoms. The Balaban J connectivity index is 3.16. The van der Waals surface area contributed by atoms with Gasteiger partial charge >= 0.3 is 6.36 Å². The Hall–Kier alpha value is -1.49. The van der Waals surface area contributed by atoms with Gasteiger partial charge in [-0.1, -0.05) is 15.9 Å². The third-order valence-electron chi connectivity index (χ3n) is 1.73. The summed E-state index contributed by atoms with van der Waals surface area (Å²) in [6, 6.07) is 2.65. The second-order valence-corrected chi connectivity index (χ2v) is 3.49. The molecular formula is C9H6BrF3N2O2. The molecule has 1 rings (SSSR count). The highest BCUT2D eigenvalue weighted by Crippen LogP contribution is 2.30. The maximum atomic E-state index is 12.0. The van der Waals surface area contributed by atoms with Crippen LogP contribution in [0.2, 0.25) is 0 Å². The van der Waals surface area contributed by atoms with Gasteiger partial charge in [-0.05, 0) is 0 Å². The number of alkyl halides is 4. The maximum Gasteiger partial charge on any atom is 0.574 e. The van der Waals surface area contributed by atoms with Gasteiger partial charge in [0.05, 0.1) is 12.5 Å². The minimum absolute atomic E-state index is 0.119. The first kappa shape index (κ1) is 13.6. The molecule has 0 fully saturated rings. The van der Waals surface area contributed by atoms with Gasteiger partial charge in [-0.3, -0.25) is 0 Å². The minimum Gasteiger partial charge on any atom is -0.506 e. The van der Waals surface area contributed by atoms with Crippen LogP contribution in [0.1, 0.15) is 11.3 Å². The molecule has 8 heteroatoms. The molecule has 17 heavy (non-hydrogen) atoms. The van der Waals surface area contributed by atoms with E-state index in [2.05, 4.69) is 25.7 Å². The standard InChI is InChI=1S/C9H6BrF3N2O2/c10-4-5-3-7(17-9(11,12)13)15-6(1-2-14)8(5)16/h3,16H,1,4H2. The van der Waals surface area contributed by atoms with E-state index in [1.165, 1.54) is 0 Å². The molecule has 0 radical (unpaired) electrons. The van der Waals surface area contributed by atoms with Gasteiger partial charge in [-0.15, -0.1) is 13.2 Å². The van der Waals surface area contributed by atoms with Crippen LogP contribution in [0, 0.1) is 11.3 Å². The SMILES string of the molecule is N#CCc1nc(OC(F)(F)F)cc(CBr)c1O. The van der Waals surface area contributed by atoms with Gasteiger partial charge in [0.25, 0.3) is 0 Å². The fourth-order valence-electron chi connectivity index (χ4n) is 1.09. The van der Waals surface area contributed by atoms with Crippen LogP contribution in [0.5, 0.6) is 11.6 Å². The zero-order chi connectivity index (χ0) is 13.1. The molecule has 0 aliphatic carbocycles. The van der Waals surface area contributed by atoms with E-state index in [-0.39, 0.29) is 28.8 Å². The summed E-state index contributed by atoms with van der Waals surface area (Å²) in [7, 11) is 0. The first-order chi connectivity index (χ1) is 7.87. The molecule has 0 aliphatic heterocycles. The summed E-state index contributed by atoms with van der Waals surface area (Å²) in [5, 5.41) is 18.1. The van der Waals surface area contributed by atoms with E-state index in [1.54, 1.807) is 6.07 Å². The highest BCUT2D eigenvalue weighted by molar-refractivity contribution is 9.08. The minimum atomic E-state index is -4.86. The number of nitriles is 1. The largest absolute Gasteiger partial charge is 0.574 e. The molecule has 1 N–H and O–H groups in total. The fraction of sp³-hybridized carbons (Fsp3) is 0.333. The fourth-order valence-corrected chi connectivity index (χ4v) is 1.52. The number of hydrogen-bond acceptors (Lipinski definition) is 4. The quantitative estimate of drug-likeness (QED) is 0.872. The highest BCUT2D eigenvalue weighted by Gasteiger charge is 2.32. The molecular weight excluding hydrogens is 305 g/mol. The Kier molecular flexibility index (Phi) is 4.17. The van der Waals surface area contributed by atoms with Crippen LogP contribution in [0.3, 0.4) is 0 Å². The van der Waals surface area contributed by atoms with E-state index in [1.807, 2.05) is 0 Å². The third-order valence-corrected chi connectivity index (χ3v) is 2.34. The van der Waals surface area contributed by atoms with Crippen LogP contribution in [-0.2, 0) is 11.8 Å². The summed E-state index contributed by atoms with van der Waals surface area (Å²) >= 11 is 3.00. The average Bonchev–Trinajstić information content (AvgIpc) is 2.20. The van der Waals surface area contributed by atoms with Crippen LogP contribution in [0.4, 0.5) is 13.2 Å². The molecule has 1 heterocycles. The number of rotatable bonds is 3. The van der Waals surface area contributed by atoms with Crippen LogP contribution in [0.25, 0.3) is 0 Å². The molecule has 0 atom stereocenters. The Labute approximate surface area is 103 Å². The molecule has 1 aromatic heterocycles. The van der Waals surface area contributed by atoms with Crippen molar-refractivity contribution >= 4 is 15.9 Å². The van der Waals surface area contributed by atoms with Gasteiger partial charge in [0.2, 0.25) is 5.88 Å². The molecule has 1 aromatic rings. The van der Waals surface area contributed by atoms with Gasteiger partial charge in [-0.2, -0.15) is 5.26 Å². The molecule has 0 saturated heterocycles. The summed E-state index contributed by atoms with van der Waals surface area (Å²) in [5.74, 6) is -1.01. The lowest BCUT2D eigenvalue weighted by molar-refractivity contribution is -0.276. The first-order valence-corrected chi connectivity index (χ1v) is 5.40. The van der Waals surface area contributed by atoms with Crippen molar-refractivity contribution in [1.29, 1.82) is 5.26 Å². The van der Waals surface area contributed by atoms with Crippen molar-refractivity contribution in [3.05, 3.63) is 17.3 Å². The van der Waals surface area contributed by atoms with Crippen molar-refractivity contribution < 1.29 is 23.0 Å². The lowest BCUT2D eigenvalue weighted by atomic mass is 10.2. The van der Waals surface area contributed by atoms with E-state index >= 15 is 0 Å². The van der Waals surface area contributed by atoms with E-state index in [9.17, 15) is 18.3 Å². The van der Waals surface area contributed by atoms with E-state index in [0.717, 1.165) is 6.07 Å². The summed E-state index contributed by atoms with van der Waals surface area (Å²) in [4.78, 5) is 3.42. The smallest absolute Gasteiger partial charge is 0.506 e. The van der Waals surface area contributed by atoms with Crippen LogP contribution in [-0.4, -0.2) is 16.5 Å². The zero-order valence-electron chi connectivity index (χ0n) is 8.25. The number of aromatic hydroxyl groups is 1. The molecule has 0 saturated carbocycles. The number of halogens is 4. The molecule has 4 nitrogen and oxygen atoms in total. The number of ether oxygens (including phenoxy) is 1. The predicted molar refractivity (Wildman–Crippen MR) is 54.5 cm³/mol. The molecule has 0 unspecified atom stereocenters. The third kappa shape index (κ3) is 3.78. The monoisotopic (exact) mass is 310 g/mol. The first-order valence-electron chi connectivity index (χ1n) is 4.27. The second kappa shape index (κ2) is 5.23. The number of hydrogen-bond donors (Lipinski definition) is 1. The summed E-state index contributed by atoms with van der Waals surface area (Å²) in [6.45, 7) is 0. The van der Waals surface area contributed by atoms with E-state index in [0.29, 0.717) is 0 Å². The number of pyridine rings is 1. The Bertz CT molecular complexity index is 457. The van der Waals surface area contributed by atoms with Gasteiger partial charge < -0.3 is 9.84 Å². The van der Waals surface area contributed by atoms with Crippen molar-refractivity contribution in [3.8, 4) is 17.7 Å². The van der Waals surface area contributed by atoms with Crippen LogP contribution in [0.15, 0.2) is 6.07 Å². The zero-order valence-corrected chi connectivity index (χ0v) is 9.84. The van der Waals surface area contributed by atoms with Gasteiger partial charge in [0, 0.05) is 17.0 Å². The summed E-state index contributed by atoms with van der Waals surface area (Å²) in [6.07, 6.45) is -5.17. The van der Waals surface area contributed by atoms with Crippen molar-refractivity contribution in [2.75, 3.05) is 0 Å². The van der Waals surface area contributed by atoms with Crippen molar-refractivity contribution in [2.45, 2.75) is 18.1 Å². The van der Waals surface area contributed by atoms with Gasteiger partial charge in [0.15, 0.2) is 0 Å². The summed E-state index contributed by atoms with van der Waals surface area (Å²) in [5.41, 5.74) is 0.0215. The number of aromatic nitrogens is 1. The second-order valence-electron chi connectivity index (χ2n) is 2.93. The van der Waals surface area contributed by atoms with E-state index < -0.39 is 12.2 Å². The van der Waals surface area contributed by atoms with Crippen LogP contribution < -0.4 is 4.74 Å². The van der Waals surface area contributed by atoms with Crippen molar-refractivity contribution in [1.82, 2.24) is 4.98 Å². The van der Waals surface area contributed by atoms with Gasteiger partial charge in [0.1, 0.15) is 11.4 Å². The van der Waals surface area contributed by atoms with Crippen LogP contribution >= 0.6 is 15.9 Å². The molecule has 92 valence electrons. The molecule has 0 spiro atoms. The Morgan fingerprint density at radius 3 is 2.65 bits per heavy atom. The van der Waals surface area contributed by atoms with Crippen molar-refractivity contribution in [3.63, 3.8) is 0 Å². The van der Waals surface area contributed by atoms with Crippen molar-refractivity contribution in [2.24, 2.45) is 0 Å². The Morgan fingerprint density at radius 1 is 1.53 bits per heavy atom. The molecule has 0 aliphatic rings. The Morgan fingerprint density at radius 2 is 2.18 bits per heavy atom. The molecule has 0 amide bonds. The summed E-state index contributed by atoms with van der Waals surface area (Å²) < 4.78 is 39.6.